The molecule has 2 rings (SSSR count). The number of carboxylic acid groups (broad SMARTS) is 1. The highest BCUT2D eigenvalue weighted by Crippen LogP contribution is 2.65. The van der Waals surface area contributed by atoms with Crippen LogP contribution in [-0.4, -0.2) is 17.0 Å². The van der Waals surface area contributed by atoms with Gasteiger partial charge in [-0.15, -0.1) is 0 Å². The predicted octanol–water partition coefficient (Wildman–Crippen LogP) is 1.37. The van der Waals surface area contributed by atoms with E-state index in [1.807, 2.05) is 5.92 Å². The molecule has 0 heterocycles. The number of hydrogen-bond donors (Lipinski definition) is 1. The first-order valence-electron chi connectivity index (χ1n) is 4.14. The maximum Gasteiger partial charge on any atom is 0.381 e. The molecule has 13 heavy (non-hydrogen) atoms. The Morgan fingerprint density at radius 2 is 1.92 bits per heavy atom. The van der Waals surface area contributed by atoms with Crippen LogP contribution in [0.5, 0.6) is 0 Å². The number of carboxylic acids is 1. The molecule has 2 saturated carbocycles. The van der Waals surface area contributed by atoms with Crippen molar-refractivity contribution < 1.29 is 18.7 Å². The van der Waals surface area contributed by atoms with Gasteiger partial charge in [0.2, 0.25) is 0 Å². The Morgan fingerprint density at radius 1 is 1.38 bits per heavy atom. The van der Waals surface area contributed by atoms with Gasteiger partial charge in [-0.25, -0.2) is 13.6 Å². The van der Waals surface area contributed by atoms with E-state index in [1.165, 1.54) is 0 Å². The Morgan fingerprint density at radius 3 is 2.38 bits per heavy atom. The standard InChI is InChI=1S/C9H8F2O2/c10-9(11)6-3-5(4-7(6)9)1-2-8(12)13/h5-7H,3-4H2,(H,12,13). The summed E-state index contributed by atoms with van der Waals surface area (Å²) in [6.45, 7) is 0. The lowest BCUT2D eigenvalue weighted by Crippen LogP contribution is -2.06. The second kappa shape index (κ2) is 2.44. The van der Waals surface area contributed by atoms with Crippen LogP contribution in [0, 0.1) is 29.6 Å². The van der Waals surface area contributed by atoms with Crippen molar-refractivity contribution in [2.24, 2.45) is 17.8 Å². The number of alkyl halides is 2. The number of fused-ring (bicyclic) bond motifs is 1. The van der Waals surface area contributed by atoms with Gasteiger partial charge in [-0.2, -0.15) is 0 Å². The van der Waals surface area contributed by atoms with E-state index in [4.69, 9.17) is 5.11 Å². The van der Waals surface area contributed by atoms with Crippen molar-refractivity contribution in [1.29, 1.82) is 0 Å². The fraction of sp³-hybridized carbons (Fsp3) is 0.667. The maximum absolute atomic E-state index is 12.6. The molecule has 0 spiro atoms. The van der Waals surface area contributed by atoms with E-state index in [2.05, 4.69) is 5.92 Å². The van der Waals surface area contributed by atoms with E-state index in [0.717, 1.165) is 0 Å². The molecule has 0 amide bonds. The summed E-state index contributed by atoms with van der Waals surface area (Å²) in [6, 6.07) is 0. The van der Waals surface area contributed by atoms with Gasteiger partial charge in [0.05, 0.1) is 0 Å². The molecular formula is C9H8F2O2. The summed E-state index contributed by atoms with van der Waals surface area (Å²) in [4.78, 5) is 10.1. The lowest BCUT2D eigenvalue weighted by molar-refractivity contribution is -0.130. The zero-order chi connectivity index (χ0) is 9.64. The molecule has 1 N–H and O–H groups in total. The van der Waals surface area contributed by atoms with Gasteiger partial charge in [0, 0.05) is 23.7 Å². The molecule has 70 valence electrons. The highest BCUT2D eigenvalue weighted by molar-refractivity contribution is 5.86. The predicted molar refractivity (Wildman–Crippen MR) is 40.1 cm³/mol. The van der Waals surface area contributed by atoms with Gasteiger partial charge in [-0.1, -0.05) is 5.92 Å². The first-order chi connectivity index (χ1) is 6.01. The number of halogens is 2. The van der Waals surface area contributed by atoms with Crippen molar-refractivity contribution in [2.45, 2.75) is 18.8 Å². The van der Waals surface area contributed by atoms with Crippen molar-refractivity contribution in [1.82, 2.24) is 0 Å². The van der Waals surface area contributed by atoms with Crippen LogP contribution in [0.2, 0.25) is 0 Å². The van der Waals surface area contributed by atoms with Crippen LogP contribution < -0.4 is 0 Å². The zero-order valence-corrected chi connectivity index (χ0v) is 6.76. The van der Waals surface area contributed by atoms with Gasteiger partial charge in [0.25, 0.3) is 5.92 Å². The fourth-order valence-electron chi connectivity index (χ4n) is 2.09. The lowest BCUT2D eigenvalue weighted by atomic mass is 10.0. The summed E-state index contributed by atoms with van der Waals surface area (Å²) in [5, 5.41) is 8.23. The van der Waals surface area contributed by atoms with Crippen LogP contribution in [-0.2, 0) is 4.79 Å². The zero-order valence-electron chi connectivity index (χ0n) is 6.76. The van der Waals surface area contributed by atoms with Crippen LogP contribution >= 0.6 is 0 Å². The van der Waals surface area contributed by atoms with Gasteiger partial charge in [0.1, 0.15) is 0 Å². The summed E-state index contributed by atoms with van der Waals surface area (Å²) < 4.78 is 25.3. The SMILES string of the molecule is O=C(O)C#CC1CC2C(C1)C2(F)F. The molecular weight excluding hydrogens is 178 g/mol. The normalized spacial score (nSPS) is 38.8. The van der Waals surface area contributed by atoms with Crippen molar-refractivity contribution in [3.05, 3.63) is 0 Å². The summed E-state index contributed by atoms with van der Waals surface area (Å²) >= 11 is 0. The van der Waals surface area contributed by atoms with Crippen LogP contribution in [0.3, 0.4) is 0 Å². The molecule has 2 atom stereocenters. The third-order valence-electron chi connectivity index (χ3n) is 2.83. The molecule has 0 aromatic rings. The van der Waals surface area contributed by atoms with E-state index in [0.29, 0.717) is 12.8 Å². The summed E-state index contributed by atoms with van der Waals surface area (Å²) in [5.41, 5.74) is 0. The second-order valence-electron chi connectivity index (χ2n) is 3.63. The molecule has 0 aromatic carbocycles. The van der Waals surface area contributed by atoms with Crippen LogP contribution in [0.25, 0.3) is 0 Å². The van der Waals surface area contributed by atoms with E-state index in [1.54, 1.807) is 0 Å². The minimum atomic E-state index is -2.48. The molecule has 2 aliphatic rings. The average Bonchev–Trinajstić information content (AvgIpc) is 2.51. The van der Waals surface area contributed by atoms with Crippen molar-refractivity contribution in [2.75, 3.05) is 0 Å². The van der Waals surface area contributed by atoms with Gasteiger partial charge >= 0.3 is 5.97 Å². The highest BCUT2D eigenvalue weighted by atomic mass is 19.3. The Balaban J connectivity index is 1.92. The first kappa shape index (κ1) is 8.49. The van der Waals surface area contributed by atoms with E-state index >= 15 is 0 Å². The fourth-order valence-corrected chi connectivity index (χ4v) is 2.09. The Hall–Kier alpha value is -1.11. The molecule has 0 aromatic heterocycles. The van der Waals surface area contributed by atoms with Crippen LogP contribution in [0.1, 0.15) is 12.8 Å². The second-order valence-corrected chi connectivity index (χ2v) is 3.63. The van der Waals surface area contributed by atoms with Crippen molar-refractivity contribution >= 4 is 5.97 Å². The molecule has 0 aliphatic heterocycles. The topological polar surface area (TPSA) is 37.3 Å². The molecule has 2 aliphatic carbocycles. The van der Waals surface area contributed by atoms with Crippen molar-refractivity contribution in [3.63, 3.8) is 0 Å². The molecule has 0 radical (unpaired) electrons. The Kier molecular flexibility index (Phi) is 1.59. The molecule has 2 fully saturated rings. The third kappa shape index (κ3) is 1.28. The lowest BCUT2D eigenvalue weighted by Gasteiger charge is -2.05. The van der Waals surface area contributed by atoms with Crippen molar-refractivity contribution in [3.8, 4) is 11.8 Å². The Labute approximate surface area is 73.9 Å². The molecule has 4 heteroatoms. The number of rotatable bonds is 0. The van der Waals surface area contributed by atoms with Crippen LogP contribution in [0.4, 0.5) is 8.78 Å². The van der Waals surface area contributed by atoms with Gasteiger partial charge in [-0.3, -0.25) is 0 Å². The first-order valence-corrected chi connectivity index (χ1v) is 4.14. The Bertz CT molecular complexity index is 299. The van der Waals surface area contributed by atoms with E-state index in [9.17, 15) is 13.6 Å². The third-order valence-corrected chi connectivity index (χ3v) is 2.83. The quantitative estimate of drug-likeness (QED) is 0.580. The molecule has 2 unspecified atom stereocenters. The summed E-state index contributed by atoms with van der Waals surface area (Å²) in [7, 11) is 0. The maximum atomic E-state index is 12.6. The van der Waals surface area contributed by atoms with E-state index < -0.39 is 23.7 Å². The van der Waals surface area contributed by atoms with Gasteiger partial charge < -0.3 is 5.11 Å². The van der Waals surface area contributed by atoms with Gasteiger partial charge in [0.15, 0.2) is 0 Å². The molecule has 2 nitrogen and oxygen atoms in total. The van der Waals surface area contributed by atoms with Crippen LogP contribution in [0.15, 0.2) is 0 Å². The number of aliphatic carboxylic acids is 1. The number of hydrogen-bond acceptors (Lipinski definition) is 1. The number of carbonyl (C=O) groups is 1. The van der Waals surface area contributed by atoms with Gasteiger partial charge in [-0.05, 0) is 12.8 Å². The smallest absolute Gasteiger partial charge is 0.381 e. The largest absolute Gasteiger partial charge is 0.472 e. The minimum absolute atomic E-state index is 0.134. The van der Waals surface area contributed by atoms with E-state index in [-0.39, 0.29) is 5.92 Å². The minimum Gasteiger partial charge on any atom is -0.472 e. The monoisotopic (exact) mass is 186 g/mol. The molecule has 0 bridgehead atoms. The average molecular weight is 186 g/mol. The summed E-state index contributed by atoms with van der Waals surface area (Å²) in [6.07, 6.45) is 0.718. The highest BCUT2D eigenvalue weighted by Gasteiger charge is 2.71. The molecule has 0 saturated heterocycles. The summed E-state index contributed by atoms with van der Waals surface area (Å²) in [5.74, 6) is -0.386.